The molecule has 0 bridgehead atoms. The molecule has 0 aliphatic carbocycles. The van der Waals surface area contributed by atoms with E-state index in [1.54, 1.807) is 0 Å². The van der Waals surface area contributed by atoms with E-state index in [-0.39, 0.29) is 0 Å². The molecule has 0 saturated heterocycles. The first-order valence-electron chi connectivity index (χ1n) is 10.3. The van der Waals surface area contributed by atoms with Gasteiger partial charge in [0.15, 0.2) is 0 Å². The molecule has 2 aromatic heterocycles. The Labute approximate surface area is 182 Å². The van der Waals surface area contributed by atoms with Gasteiger partial charge >= 0.3 is 0 Å². The van der Waals surface area contributed by atoms with Crippen LogP contribution in [0, 0.1) is 0 Å². The molecule has 0 amide bonds. The lowest BCUT2D eigenvalue weighted by atomic mass is 10.1. The number of benzene rings is 3. The van der Waals surface area contributed by atoms with Crippen LogP contribution in [-0.2, 0) is 0 Å². The summed E-state index contributed by atoms with van der Waals surface area (Å²) in [5.41, 5.74) is 6.18. The van der Waals surface area contributed by atoms with Crippen molar-refractivity contribution in [3.05, 3.63) is 128 Å². The fourth-order valence-electron chi connectivity index (χ4n) is 3.65. The number of pyridine rings is 2. The molecule has 0 saturated carbocycles. The Morgan fingerprint density at radius 1 is 0.484 bits per heavy atom. The van der Waals surface area contributed by atoms with Crippen LogP contribution >= 0.6 is 0 Å². The monoisotopic (exact) mass is 399 g/mol. The van der Waals surface area contributed by atoms with Gasteiger partial charge in [0, 0.05) is 28.7 Å². The largest absolute Gasteiger partial charge is 0.295 e. The molecular weight excluding hydrogens is 378 g/mol. The summed E-state index contributed by atoms with van der Waals surface area (Å²) in [5, 5.41) is 0. The van der Waals surface area contributed by atoms with Crippen molar-refractivity contribution in [1.29, 1.82) is 0 Å². The molecule has 0 N–H and O–H groups in total. The quantitative estimate of drug-likeness (QED) is 0.311. The molecule has 2 heterocycles. The van der Waals surface area contributed by atoms with E-state index in [0.29, 0.717) is 0 Å². The highest BCUT2D eigenvalue weighted by Gasteiger charge is 2.14. The van der Waals surface area contributed by atoms with E-state index in [1.165, 1.54) is 0 Å². The van der Waals surface area contributed by atoms with Crippen LogP contribution < -0.4 is 4.90 Å². The Balaban J connectivity index is 1.58. The van der Waals surface area contributed by atoms with Crippen molar-refractivity contribution < 1.29 is 0 Å². The summed E-state index contributed by atoms with van der Waals surface area (Å²) in [6.45, 7) is 0. The van der Waals surface area contributed by atoms with E-state index in [0.717, 1.165) is 39.7 Å². The lowest BCUT2D eigenvalue weighted by Crippen LogP contribution is -2.11. The third kappa shape index (κ3) is 4.07. The van der Waals surface area contributed by atoms with E-state index >= 15 is 0 Å². The van der Waals surface area contributed by atoms with E-state index in [9.17, 15) is 0 Å². The molecule has 31 heavy (non-hydrogen) atoms. The van der Waals surface area contributed by atoms with Crippen molar-refractivity contribution in [2.75, 3.05) is 4.90 Å². The molecule has 0 atom stereocenters. The molecule has 0 aliphatic heterocycles. The van der Waals surface area contributed by atoms with E-state index in [1.807, 2.05) is 66.9 Å². The predicted octanol–water partition coefficient (Wildman–Crippen LogP) is 7.28. The minimum absolute atomic E-state index is 0.872. The maximum atomic E-state index is 4.93. The maximum absolute atomic E-state index is 4.93. The summed E-state index contributed by atoms with van der Waals surface area (Å²) in [6.07, 6.45) is 1.82. The van der Waals surface area contributed by atoms with Crippen LogP contribution in [0.4, 0.5) is 17.2 Å². The fourth-order valence-corrected chi connectivity index (χ4v) is 3.65. The number of aromatic nitrogens is 2. The topological polar surface area (TPSA) is 29.0 Å². The average molecular weight is 399 g/mol. The standard InChI is InChI=1S/C28H21N3/c1-3-11-22(12-4-1)26-17-10-18-27(30-26)23-13-9-16-25(21-23)31(24-14-5-2-6-15-24)28-19-7-8-20-29-28/h1-21H. The third-order valence-corrected chi connectivity index (χ3v) is 5.11. The predicted molar refractivity (Wildman–Crippen MR) is 128 cm³/mol. The first-order chi connectivity index (χ1) is 15.4. The molecule has 0 spiro atoms. The molecule has 0 fully saturated rings. The summed E-state index contributed by atoms with van der Waals surface area (Å²) >= 11 is 0. The summed E-state index contributed by atoms with van der Waals surface area (Å²) in [7, 11) is 0. The van der Waals surface area contributed by atoms with E-state index in [4.69, 9.17) is 4.98 Å². The van der Waals surface area contributed by atoms with Crippen LogP contribution in [0.5, 0.6) is 0 Å². The van der Waals surface area contributed by atoms with Crippen molar-refractivity contribution in [3.8, 4) is 22.5 Å². The number of hydrogen-bond donors (Lipinski definition) is 0. The van der Waals surface area contributed by atoms with Crippen molar-refractivity contribution in [3.63, 3.8) is 0 Å². The van der Waals surface area contributed by atoms with Gasteiger partial charge in [0.2, 0.25) is 0 Å². The zero-order valence-electron chi connectivity index (χ0n) is 17.0. The van der Waals surface area contributed by atoms with Crippen LogP contribution in [0.2, 0.25) is 0 Å². The fraction of sp³-hybridized carbons (Fsp3) is 0. The number of para-hydroxylation sites is 1. The zero-order valence-corrected chi connectivity index (χ0v) is 17.0. The molecule has 0 unspecified atom stereocenters. The molecular formula is C28H21N3. The molecule has 5 aromatic rings. The third-order valence-electron chi connectivity index (χ3n) is 5.11. The highest BCUT2D eigenvalue weighted by Crippen LogP contribution is 2.35. The molecule has 148 valence electrons. The Morgan fingerprint density at radius 3 is 1.84 bits per heavy atom. The van der Waals surface area contributed by atoms with E-state index in [2.05, 4.69) is 70.5 Å². The van der Waals surface area contributed by atoms with Crippen LogP contribution in [0.25, 0.3) is 22.5 Å². The summed E-state index contributed by atoms with van der Waals surface area (Å²) in [4.78, 5) is 11.7. The number of anilines is 3. The van der Waals surface area contributed by atoms with Crippen molar-refractivity contribution in [1.82, 2.24) is 9.97 Å². The van der Waals surface area contributed by atoms with Crippen LogP contribution in [0.1, 0.15) is 0 Å². The van der Waals surface area contributed by atoms with Gasteiger partial charge in [0.05, 0.1) is 11.4 Å². The highest BCUT2D eigenvalue weighted by molar-refractivity contribution is 5.78. The zero-order chi connectivity index (χ0) is 20.9. The average Bonchev–Trinajstić information content (AvgIpc) is 2.86. The van der Waals surface area contributed by atoms with Crippen molar-refractivity contribution in [2.45, 2.75) is 0 Å². The lowest BCUT2D eigenvalue weighted by molar-refractivity contribution is 1.18. The minimum atomic E-state index is 0.872. The number of rotatable bonds is 5. The number of hydrogen-bond acceptors (Lipinski definition) is 3. The van der Waals surface area contributed by atoms with Crippen LogP contribution in [0.3, 0.4) is 0 Å². The second-order valence-electron chi connectivity index (χ2n) is 7.18. The SMILES string of the molecule is c1ccc(-c2cccc(-c3cccc(N(c4ccccc4)c4ccccn4)c3)n2)cc1. The van der Waals surface area contributed by atoms with Crippen LogP contribution in [0.15, 0.2) is 128 Å². The van der Waals surface area contributed by atoms with Gasteiger partial charge < -0.3 is 0 Å². The second-order valence-corrected chi connectivity index (χ2v) is 7.18. The first-order valence-corrected chi connectivity index (χ1v) is 10.3. The van der Waals surface area contributed by atoms with Gasteiger partial charge in [-0.2, -0.15) is 0 Å². The molecule has 0 aliphatic rings. The normalized spacial score (nSPS) is 10.6. The van der Waals surface area contributed by atoms with Crippen molar-refractivity contribution >= 4 is 17.2 Å². The lowest BCUT2D eigenvalue weighted by Gasteiger charge is -2.24. The van der Waals surface area contributed by atoms with Crippen LogP contribution in [-0.4, -0.2) is 9.97 Å². The maximum Gasteiger partial charge on any atom is 0.137 e. The molecule has 3 nitrogen and oxygen atoms in total. The minimum Gasteiger partial charge on any atom is -0.295 e. The highest BCUT2D eigenvalue weighted by atomic mass is 15.2. The Bertz CT molecular complexity index is 1230. The van der Waals surface area contributed by atoms with Crippen molar-refractivity contribution in [2.24, 2.45) is 0 Å². The van der Waals surface area contributed by atoms with Gasteiger partial charge in [0.1, 0.15) is 5.82 Å². The molecule has 3 heteroatoms. The van der Waals surface area contributed by atoms with Gasteiger partial charge in [0.25, 0.3) is 0 Å². The summed E-state index contributed by atoms with van der Waals surface area (Å²) in [6, 6.07) is 41.1. The molecule has 5 rings (SSSR count). The Hall–Kier alpha value is -4.24. The van der Waals surface area contributed by atoms with E-state index < -0.39 is 0 Å². The van der Waals surface area contributed by atoms with Gasteiger partial charge in [-0.25, -0.2) is 9.97 Å². The summed E-state index contributed by atoms with van der Waals surface area (Å²) < 4.78 is 0. The Morgan fingerprint density at radius 2 is 1.10 bits per heavy atom. The second kappa shape index (κ2) is 8.64. The molecule has 3 aromatic carbocycles. The van der Waals surface area contributed by atoms with Gasteiger partial charge in [-0.05, 0) is 48.5 Å². The Kier molecular flexibility index (Phi) is 5.23. The number of nitrogens with zero attached hydrogens (tertiary/aromatic N) is 3. The molecule has 0 radical (unpaired) electrons. The van der Waals surface area contributed by atoms with Gasteiger partial charge in [-0.15, -0.1) is 0 Å². The van der Waals surface area contributed by atoms with Gasteiger partial charge in [-0.1, -0.05) is 72.8 Å². The smallest absolute Gasteiger partial charge is 0.137 e. The first kappa shape index (κ1) is 18.8. The van der Waals surface area contributed by atoms with Gasteiger partial charge in [-0.3, -0.25) is 4.90 Å². The summed E-state index contributed by atoms with van der Waals surface area (Å²) in [5.74, 6) is 0.872.